The molecule has 0 bridgehead atoms. The summed E-state index contributed by atoms with van der Waals surface area (Å²) in [5.74, 6) is -1.07. The van der Waals surface area contributed by atoms with E-state index in [2.05, 4.69) is 32.5 Å². The number of fused-ring (bicyclic) bond motifs is 1. The summed E-state index contributed by atoms with van der Waals surface area (Å²) < 4.78 is 45.9. The second-order valence-electron chi connectivity index (χ2n) is 7.02. The number of amides is 1. The number of benzene rings is 2. The molecule has 0 saturated heterocycles. The third-order valence-corrected chi connectivity index (χ3v) is 4.76. The van der Waals surface area contributed by atoms with Crippen LogP contribution in [-0.2, 0) is 22.2 Å². The van der Waals surface area contributed by atoms with Crippen molar-refractivity contribution in [3.05, 3.63) is 72.4 Å². The Morgan fingerprint density at radius 3 is 2.70 bits per heavy atom. The first kappa shape index (κ1) is 22.3. The minimum Gasteiger partial charge on any atom is -0.423 e. The standard InChI is InChI=1S/C21H17BF3N5O3/c1-2-17(31)27-13-6-4-7-14(9-13)28-19-15(21(23,24)25)10-26-20(30-19)29-16-8-3-5-12-11-33-22(32)18(12)16/h2-10,32H,1,11H2,(H,27,31)(H2,26,28,29,30). The number of hydrogen-bond donors (Lipinski definition) is 4. The van der Waals surface area contributed by atoms with E-state index >= 15 is 0 Å². The van der Waals surface area contributed by atoms with Gasteiger partial charge in [-0.3, -0.25) is 4.79 Å². The highest BCUT2D eigenvalue weighted by atomic mass is 19.4. The van der Waals surface area contributed by atoms with Crippen LogP contribution in [0.2, 0.25) is 0 Å². The molecule has 1 amide bonds. The average Bonchev–Trinajstić information content (AvgIpc) is 3.15. The summed E-state index contributed by atoms with van der Waals surface area (Å²) in [6.07, 6.45) is -2.98. The summed E-state index contributed by atoms with van der Waals surface area (Å²) in [5.41, 5.74) is 1.18. The monoisotopic (exact) mass is 455 g/mol. The second kappa shape index (κ2) is 8.92. The van der Waals surface area contributed by atoms with Crippen LogP contribution in [0.15, 0.2) is 61.3 Å². The minimum absolute atomic E-state index is 0.117. The lowest BCUT2D eigenvalue weighted by atomic mass is 9.78. The number of rotatable bonds is 6. The van der Waals surface area contributed by atoms with Gasteiger partial charge in [0.2, 0.25) is 11.9 Å². The van der Waals surface area contributed by atoms with E-state index in [1.54, 1.807) is 30.3 Å². The van der Waals surface area contributed by atoms with Crippen LogP contribution in [0.3, 0.4) is 0 Å². The van der Waals surface area contributed by atoms with Crippen molar-refractivity contribution in [3.63, 3.8) is 0 Å². The number of alkyl halides is 3. The maximum absolute atomic E-state index is 13.6. The van der Waals surface area contributed by atoms with E-state index in [0.29, 0.717) is 23.0 Å². The number of carbonyl (C=O) groups is 1. The summed E-state index contributed by atoms with van der Waals surface area (Å²) in [6, 6.07) is 11.2. The molecule has 8 nitrogen and oxygen atoms in total. The van der Waals surface area contributed by atoms with Crippen LogP contribution in [0, 0.1) is 0 Å². The predicted octanol–water partition coefficient (Wildman–Crippen LogP) is 3.32. The number of aromatic nitrogens is 2. The molecule has 3 aromatic rings. The van der Waals surface area contributed by atoms with Gasteiger partial charge in [-0.15, -0.1) is 0 Å². The fourth-order valence-corrected chi connectivity index (χ4v) is 3.26. The van der Waals surface area contributed by atoms with Gasteiger partial charge >= 0.3 is 13.3 Å². The summed E-state index contributed by atoms with van der Waals surface area (Å²) in [5, 5.41) is 18.1. The van der Waals surface area contributed by atoms with Gasteiger partial charge in [-0.25, -0.2) is 4.98 Å². The third-order valence-electron chi connectivity index (χ3n) is 4.76. The Morgan fingerprint density at radius 2 is 1.94 bits per heavy atom. The topological polar surface area (TPSA) is 108 Å². The molecule has 1 aromatic heterocycles. The van der Waals surface area contributed by atoms with Crippen LogP contribution in [-0.4, -0.2) is 28.0 Å². The molecule has 2 heterocycles. The molecule has 1 aliphatic rings. The smallest absolute Gasteiger partial charge is 0.423 e. The van der Waals surface area contributed by atoms with Gasteiger partial charge in [0, 0.05) is 28.7 Å². The van der Waals surface area contributed by atoms with Gasteiger partial charge in [-0.05, 0) is 35.9 Å². The molecular weight excluding hydrogens is 438 g/mol. The molecule has 0 fully saturated rings. The van der Waals surface area contributed by atoms with E-state index in [9.17, 15) is 23.0 Å². The van der Waals surface area contributed by atoms with Gasteiger partial charge in [0.1, 0.15) is 11.4 Å². The van der Waals surface area contributed by atoms with E-state index in [1.165, 1.54) is 12.1 Å². The van der Waals surface area contributed by atoms with Crippen molar-refractivity contribution in [1.82, 2.24) is 9.97 Å². The highest BCUT2D eigenvalue weighted by Gasteiger charge is 2.36. The van der Waals surface area contributed by atoms with Crippen LogP contribution in [0.25, 0.3) is 0 Å². The van der Waals surface area contributed by atoms with E-state index in [1.807, 2.05) is 0 Å². The van der Waals surface area contributed by atoms with Gasteiger partial charge in [-0.1, -0.05) is 24.8 Å². The predicted molar refractivity (Wildman–Crippen MR) is 118 cm³/mol. The molecule has 0 saturated carbocycles. The number of nitrogens with one attached hydrogen (secondary N) is 3. The molecule has 0 radical (unpaired) electrons. The van der Waals surface area contributed by atoms with Crippen molar-refractivity contribution in [2.45, 2.75) is 12.8 Å². The van der Waals surface area contributed by atoms with Gasteiger partial charge in [0.05, 0.1) is 6.61 Å². The molecular formula is C21H17BF3N5O3. The molecule has 0 spiro atoms. The Morgan fingerprint density at radius 1 is 1.18 bits per heavy atom. The number of anilines is 5. The van der Waals surface area contributed by atoms with Crippen molar-refractivity contribution in [1.29, 1.82) is 0 Å². The maximum atomic E-state index is 13.6. The Hall–Kier alpha value is -3.90. The fourth-order valence-electron chi connectivity index (χ4n) is 3.26. The Kier molecular flexibility index (Phi) is 6.03. The molecule has 1 aliphatic heterocycles. The molecule has 2 aromatic carbocycles. The van der Waals surface area contributed by atoms with Crippen molar-refractivity contribution >= 4 is 47.3 Å². The molecule has 0 atom stereocenters. The van der Waals surface area contributed by atoms with Crippen LogP contribution in [0.1, 0.15) is 11.1 Å². The molecule has 12 heteroatoms. The highest BCUT2D eigenvalue weighted by Crippen LogP contribution is 2.35. The van der Waals surface area contributed by atoms with E-state index in [4.69, 9.17) is 4.65 Å². The summed E-state index contributed by atoms with van der Waals surface area (Å²) in [6.45, 7) is 3.57. The SMILES string of the molecule is C=CC(=O)Nc1cccc(Nc2nc(Nc3cccc4c3B(O)OC4)ncc2C(F)(F)F)c1. The lowest BCUT2D eigenvalue weighted by Gasteiger charge is -2.16. The van der Waals surface area contributed by atoms with Gasteiger partial charge < -0.3 is 25.6 Å². The van der Waals surface area contributed by atoms with Crippen molar-refractivity contribution in [2.24, 2.45) is 0 Å². The van der Waals surface area contributed by atoms with Gasteiger partial charge in [0.25, 0.3) is 0 Å². The lowest BCUT2D eigenvalue weighted by molar-refractivity contribution is -0.137. The lowest BCUT2D eigenvalue weighted by Crippen LogP contribution is -2.30. The first-order valence-electron chi connectivity index (χ1n) is 9.68. The zero-order valence-electron chi connectivity index (χ0n) is 17.0. The van der Waals surface area contributed by atoms with Gasteiger partial charge in [-0.2, -0.15) is 18.2 Å². The van der Waals surface area contributed by atoms with E-state index in [-0.39, 0.29) is 18.2 Å². The molecule has 168 valence electrons. The zero-order chi connectivity index (χ0) is 23.6. The number of carbonyl (C=O) groups excluding carboxylic acids is 1. The first-order valence-corrected chi connectivity index (χ1v) is 9.68. The summed E-state index contributed by atoms with van der Waals surface area (Å²) in [4.78, 5) is 19.3. The van der Waals surface area contributed by atoms with Crippen molar-refractivity contribution in [2.75, 3.05) is 16.0 Å². The molecule has 4 N–H and O–H groups in total. The zero-order valence-corrected chi connectivity index (χ0v) is 17.0. The summed E-state index contributed by atoms with van der Waals surface area (Å²) >= 11 is 0. The van der Waals surface area contributed by atoms with Gasteiger partial charge in [0.15, 0.2) is 0 Å². The van der Waals surface area contributed by atoms with E-state index in [0.717, 1.165) is 11.6 Å². The second-order valence-corrected chi connectivity index (χ2v) is 7.02. The number of halogens is 3. The number of hydrogen-bond acceptors (Lipinski definition) is 7. The highest BCUT2D eigenvalue weighted by molar-refractivity contribution is 6.63. The molecule has 0 unspecified atom stereocenters. The Bertz CT molecular complexity index is 1220. The largest absolute Gasteiger partial charge is 0.493 e. The Balaban J connectivity index is 1.66. The molecule has 4 rings (SSSR count). The van der Waals surface area contributed by atoms with Crippen LogP contribution in [0.4, 0.5) is 42.0 Å². The first-order chi connectivity index (χ1) is 15.7. The minimum atomic E-state index is -4.71. The maximum Gasteiger partial charge on any atom is 0.493 e. The molecule has 33 heavy (non-hydrogen) atoms. The fraction of sp³-hybridized carbons (Fsp3) is 0.0952. The Labute approximate surface area is 186 Å². The molecule has 0 aliphatic carbocycles. The average molecular weight is 455 g/mol. The van der Waals surface area contributed by atoms with Crippen LogP contribution >= 0.6 is 0 Å². The number of nitrogens with zero attached hydrogens (tertiary/aromatic N) is 2. The summed E-state index contributed by atoms with van der Waals surface area (Å²) in [7, 11) is -1.16. The van der Waals surface area contributed by atoms with Crippen molar-refractivity contribution in [3.8, 4) is 0 Å². The van der Waals surface area contributed by atoms with Crippen molar-refractivity contribution < 1.29 is 27.6 Å². The van der Waals surface area contributed by atoms with Crippen LogP contribution < -0.4 is 21.4 Å². The van der Waals surface area contributed by atoms with E-state index < -0.39 is 30.6 Å². The quantitative estimate of drug-likeness (QED) is 0.334. The normalized spacial score (nSPS) is 12.8. The van der Waals surface area contributed by atoms with Crippen LogP contribution in [0.5, 0.6) is 0 Å². The third kappa shape index (κ3) is 4.97.